The summed E-state index contributed by atoms with van der Waals surface area (Å²) in [4.78, 5) is 24.4. The standard InChI is InChI=1S/C31H44O6/c1-6-7-8-9-10-11-12-13-21-35-29-28-26(34-22-20-24(4)17-14-16-23(2)3)18-15-19-27(28)37-31(33)30(29)36-25(5)32/h15-16,18-20H,6-14,17,21-22H2,1-5H3. The number of hydrogen-bond acceptors (Lipinski definition) is 6. The van der Waals surface area contributed by atoms with Gasteiger partial charge in [0.1, 0.15) is 23.3 Å². The average Bonchev–Trinajstić information content (AvgIpc) is 2.84. The molecule has 6 heteroatoms. The fourth-order valence-electron chi connectivity index (χ4n) is 4.04. The van der Waals surface area contributed by atoms with Crippen LogP contribution in [0.4, 0.5) is 0 Å². The Bertz CT molecular complexity index is 1100. The minimum Gasteiger partial charge on any atom is -0.489 e. The van der Waals surface area contributed by atoms with Gasteiger partial charge in [0.2, 0.25) is 0 Å². The Morgan fingerprint density at radius 2 is 1.59 bits per heavy atom. The Morgan fingerprint density at radius 1 is 0.892 bits per heavy atom. The van der Waals surface area contributed by atoms with Gasteiger partial charge in [-0.05, 0) is 58.2 Å². The highest BCUT2D eigenvalue weighted by molar-refractivity contribution is 5.92. The molecular formula is C31H44O6. The van der Waals surface area contributed by atoms with Gasteiger partial charge in [-0.3, -0.25) is 4.79 Å². The molecule has 0 amide bonds. The van der Waals surface area contributed by atoms with E-state index in [2.05, 4.69) is 33.8 Å². The summed E-state index contributed by atoms with van der Waals surface area (Å²) in [5.41, 5.74) is 2.12. The topological polar surface area (TPSA) is 75.0 Å². The summed E-state index contributed by atoms with van der Waals surface area (Å²) >= 11 is 0. The second kappa shape index (κ2) is 16.7. The van der Waals surface area contributed by atoms with Crippen LogP contribution in [0.15, 0.2) is 50.7 Å². The van der Waals surface area contributed by atoms with Crippen molar-refractivity contribution >= 4 is 16.9 Å². The van der Waals surface area contributed by atoms with Gasteiger partial charge >= 0.3 is 11.6 Å². The highest BCUT2D eigenvalue weighted by Crippen LogP contribution is 2.39. The summed E-state index contributed by atoms with van der Waals surface area (Å²) in [7, 11) is 0. The van der Waals surface area contributed by atoms with E-state index >= 15 is 0 Å². The van der Waals surface area contributed by atoms with E-state index in [4.69, 9.17) is 18.6 Å². The van der Waals surface area contributed by atoms with Crippen molar-refractivity contribution in [3.63, 3.8) is 0 Å². The smallest absolute Gasteiger partial charge is 0.383 e. The summed E-state index contributed by atoms with van der Waals surface area (Å²) in [6, 6.07) is 5.25. The van der Waals surface area contributed by atoms with Crippen molar-refractivity contribution in [2.24, 2.45) is 0 Å². The zero-order chi connectivity index (χ0) is 27.0. The summed E-state index contributed by atoms with van der Waals surface area (Å²) < 4.78 is 22.8. The van der Waals surface area contributed by atoms with Crippen LogP contribution < -0.4 is 19.8 Å². The first-order chi connectivity index (χ1) is 17.8. The highest BCUT2D eigenvalue weighted by atomic mass is 16.6. The predicted octanol–water partition coefficient (Wildman–Crippen LogP) is 8.31. The van der Waals surface area contributed by atoms with Crippen molar-refractivity contribution in [2.45, 2.75) is 98.8 Å². The van der Waals surface area contributed by atoms with Gasteiger partial charge in [-0.15, -0.1) is 0 Å². The van der Waals surface area contributed by atoms with Gasteiger partial charge < -0.3 is 18.6 Å². The molecule has 2 rings (SSSR count). The number of fused-ring (bicyclic) bond motifs is 1. The number of allylic oxidation sites excluding steroid dienone is 3. The monoisotopic (exact) mass is 512 g/mol. The van der Waals surface area contributed by atoms with Crippen LogP contribution in [0.5, 0.6) is 17.2 Å². The Hall–Kier alpha value is -3.02. The number of hydrogen-bond donors (Lipinski definition) is 0. The molecule has 204 valence electrons. The summed E-state index contributed by atoms with van der Waals surface area (Å²) in [6.45, 7) is 10.5. The fraction of sp³-hybridized carbons (Fsp3) is 0.548. The molecule has 6 nitrogen and oxygen atoms in total. The number of rotatable bonds is 17. The predicted molar refractivity (Wildman–Crippen MR) is 150 cm³/mol. The number of ether oxygens (including phenoxy) is 3. The van der Waals surface area contributed by atoms with Crippen LogP contribution in [0.3, 0.4) is 0 Å². The summed E-state index contributed by atoms with van der Waals surface area (Å²) in [5, 5.41) is 0.494. The molecule has 0 radical (unpaired) electrons. The maximum absolute atomic E-state index is 12.6. The molecule has 2 aromatic rings. The second-order valence-corrected chi connectivity index (χ2v) is 9.78. The summed E-state index contributed by atoms with van der Waals surface area (Å²) in [6.07, 6.45) is 15.6. The third-order valence-electron chi connectivity index (χ3n) is 6.06. The molecule has 0 aliphatic carbocycles. The minimum absolute atomic E-state index is 0.198. The van der Waals surface area contributed by atoms with E-state index in [0.717, 1.165) is 32.1 Å². The first kappa shape index (κ1) is 30.2. The van der Waals surface area contributed by atoms with E-state index in [-0.39, 0.29) is 11.5 Å². The SMILES string of the molecule is CCCCCCCCCCOc1c(OC(C)=O)c(=O)oc2cccc(OCC=C(C)CCC=C(C)C)c12. The van der Waals surface area contributed by atoms with E-state index in [0.29, 0.717) is 29.9 Å². The van der Waals surface area contributed by atoms with Crippen LogP contribution in [0.25, 0.3) is 11.0 Å². The molecule has 0 spiro atoms. The van der Waals surface area contributed by atoms with E-state index in [1.165, 1.54) is 50.2 Å². The molecule has 0 bridgehead atoms. The lowest BCUT2D eigenvalue weighted by Crippen LogP contribution is -2.14. The molecule has 0 unspecified atom stereocenters. The normalized spacial score (nSPS) is 11.4. The molecule has 1 heterocycles. The van der Waals surface area contributed by atoms with Crippen LogP contribution in [-0.2, 0) is 4.79 Å². The van der Waals surface area contributed by atoms with E-state index in [1.807, 2.05) is 6.08 Å². The van der Waals surface area contributed by atoms with Crippen LogP contribution >= 0.6 is 0 Å². The average molecular weight is 513 g/mol. The van der Waals surface area contributed by atoms with Crippen LogP contribution in [-0.4, -0.2) is 19.2 Å². The number of benzene rings is 1. The Morgan fingerprint density at radius 3 is 2.27 bits per heavy atom. The number of unbranched alkanes of at least 4 members (excludes halogenated alkanes) is 7. The molecule has 1 aromatic carbocycles. The molecule has 0 saturated heterocycles. The lowest BCUT2D eigenvalue weighted by atomic mass is 10.1. The molecule has 37 heavy (non-hydrogen) atoms. The third-order valence-corrected chi connectivity index (χ3v) is 6.06. The van der Waals surface area contributed by atoms with Crippen molar-refractivity contribution in [1.82, 2.24) is 0 Å². The zero-order valence-corrected chi connectivity index (χ0v) is 23.3. The van der Waals surface area contributed by atoms with Crippen molar-refractivity contribution < 1.29 is 23.4 Å². The van der Waals surface area contributed by atoms with Crippen molar-refractivity contribution in [3.8, 4) is 17.2 Å². The van der Waals surface area contributed by atoms with Crippen molar-refractivity contribution in [3.05, 3.63) is 51.9 Å². The molecule has 0 fully saturated rings. The van der Waals surface area contributed by atoms with Crippen LogP contribution in [0, 0.1) is 0 Å². The van der Waals surface area contributed by atoms with Gasteiger partial charge in [0.15, 0.2) is 5.75 Å². The van der Waals surface area contributed by atoms with Crippen LogP contribution in [0.2, 0.25) is 0 Å². The van der Waals surface area contributed by atoms with E-state index in [9.17, 15) is 9.59 Å². The van der Waals surface area contributed by atoms with E-state index in [1.54, 1.807) is 18.2 Å². The quantitative estimate of drug-likeness (QED) is 0.0918. The highest BCUT2D eigenvalue weighted by Gasteiger charge is 2.22. The van der Waals surface area contributed by atoms with Crippen molar-refractivity contribution in [2.75, 3.05) is 13.2 Å². The lowest BCUT2D eigenvalue weighted by Gasteiger charge is -2.15. The summed E-state index contributed by atoms with van der Waals surface area (Å²) in [5.74, 6) is -0.140. The molecule has 0 aliphatic rings. The molecule has 0 saturated carbocycles. The van der Waals surface area contributed by atoms with E-state index < -0.39 is 11.6 Å². The first-order valence-electron chi connectivity index (χ1n) is 13.7. The van der Waals surface area contributed by atoms with Crippen molar-refractivity contribution in [1.29, 1.82) is 0 Å². The van der Waals surface area contributed by atoms with Gasteiger partial charge in [0.25, 0.3) is 5.75 Å². The fourth-order valence-corrected chi connectivity index (χ4v) is 4.04. The minimum atomic E-state index is -0.749. The number of carbonyl (C=O) groups is 1. The lowest BCUT2D eigenvalue weighted by molar-refractivity contribution is -0.132. The van der Waals surface area contributed by atoms with Gasteiger partial charge in [-0.2, -0.15) is 0 Å². The van der Waals surface area contributed by atoms with Gasteiger partial charge in [0.05, 0.1) is 6.61 Å². The molecule has 0 N–H and O–H groups in total. The third kappa shape index (κ3) is 10.9. The second-order valence-electron chi connectivity index (χ2n) is 9.78. The Kier molecular flexibility index (Phi) is 13.6. The molecule has 1 aromatic heterocycles. The number of esters is 1. The Balaban J connectivity index is 2.17. The Labute approximate surface area is 221 Å². The number of carbonyl (C=O) groups excluding carboxylic acids is 1. The first-order valence-corrected chi connectivity index (χ1v) is 13.7. The van der Waals surface area contributed by atoms with Gasteiger partial charge in [0, 0.05) is 6.92 Å². The molecule has 0 atom stereocenters. The maximum Gasteiger partial charge on any atom is 0.383 e. The van der Waals surface area contributed by atoms with Gasteiger partial charge in [-0.1, -0.05) is 75.2 Å². The maximum atomic E-state index is 12.6. The zero-order valence-electron chi connectivity index (χ0n) is 23.3. The largest absolute Gasteiger partial charge is 0.489 e. The van der Waals surface area contributed by atoms with Crippen LogP contribution in [0.1, 0.15) is 98.8 Å². The molecular weight excluding hydrogens is 468 g/mol. The molecule has 0 aliphatic heterocycles. The van der Waals surface area contributed by atoms with Gasteiger partial charge in [-0.25, -0.2) is 4.79 Å².